The third-order valence-corrected chi connectivity index (χ3v) is 5.14. The molecule has 0 saturated carbocycles. The van der Waals surface area contributed by atoms with E-state index in [9.17, 15) is 0 Å². The number of hydrogen-bond donors (Lipinski definition) is 0. The lowest BCUT2D eigenvalue weighted by Gasteiger charge is -2.21. The lowest BCUT2D eigenvalue weighted by atomic mass is 10.0. The van der Waals surface area contributed by atoms with Crippen LogP contribution in [0.4, 0.5) is 5.82 Å². The van der Waals surface area contributed by atoms with Gasteiger partial charge in [-0.15, -0.1) is 0 Å². The molecule has 1 aromatic carbocycles. The number of hydrogen-bond acceptors (Lipinski definition) is 2. The van der Waals surface area contributed by atoms with Gasteiger partial charge in [0.1, 0.15) is 5.82 Å². The standard InChI is InChI=1S/C17H22BrN3/c1-12-10-20(11-13(12)2)17-16(9-18)14(3)19-21(17)15-7-5-4-6-8-15/h4-8,12-13H,9-11H2,1-3H3. The van der Waals surface area contributed by atoms with Crippen LogP contribution in [0, 0.1) is 18.8 Å². The summed E-state index contributed by atoms with van der Waals surface area (Å²) < 4.78 is 2.11. The van der Waals surface area contributed by atoms with E-state index in [1.807, 2.05) is 6.07 Å². The molecule has 0 radical (unpaired) electrons. The van der Waals surface area contributed by atoms with Gasteiger partial charge < -0.3 is 4.90 Å². The van der Waals surface area contributed by atoms with Gasteiger partial charge in [-0.25, -0.2) is 4.68 Å². The van der Waals surface area contributed by atoms with Gasteiger partial charge >= 0.3 is 0 Å². The second-order valence-corrected chi connectivity index (χ2v) is 6.69. The summed E-state index contributed by atoms with van der Waals surface area (Å²) in [6.45, 7) is 9.00. The van der Waals surface area contributed by atoms with Crippen LogP contribution in [-0.4, -0.2) is 22.9 Å². The highest BCUT2D eigenvalue weighted by Crippen LogP contribution is 2.34. The van der Waals surface area contributed by atoms with Crippen molar-refractivity contribution in [3.8, 4) is 5.69 Å². The molecule has 1 fully saturated rings. The quantitative estimate of drug-likeness (QED) is 0.777. The molecule has 112 valence electrons. The summed E-state index contributed by atoms with van der Waals surface area (Å²) >= 11 is 3.64. The summed E-state index contributed by atoms with van der Waals surface area (Å²) in [6, 6.07) is 10.4. The summed E-state index contributed by atoms with van der Waals surface area (Å²) in [6.07, 6.45) is 0. The van der Waals surface area contributed by atoms with Gasteiger partial charge in [-0.3, -0.25) is 0 Å². The Balaban J connectivity index is 2.09. The summed E-state index contributed by atoms with van der Waals surface area (Å²) in [5, 5.41) is 5.64. The molecule has 2 aromatic rings. The zero-order valence-electron chi connectivity index (χ0n) is 12.9. The summed E-state index contributed by atoms with van der Waals surface area (Å²) in [4.78, 5) is 2.50. The van der Waals surface area contributed by atoms with Gasteiger partial charge in [0, 0.05) is 24.0 Å². The van der Waals surface area contributed by atoms with Crippen LogP contribution in [0.3, 0.4) is 0 Å². The Bertz CT molecular complexity index is 610. The van der Waals surface area contributed by atoms with E-state index in [2.05, 4.69) is 70.5 Å². The number of anilines is 1. The van der Waals surface area contributed by atoms with Crippen LogP contribution >= 0.6 is 15.9 Å². The van der Waals surface area contributed by atoms with E-state index in [0.29, 0.717) is 0 Å². The second-order valence-electron chi connectivity index (χ2n) is 6.13. The molecule has 4 heteroatoms. The Labute approximate surface area is 135 Å². The van der Waals surface area contributed by atoms with Crippen LogP contribution in [-0.2, 0) is 5.33 Å². The first kappa shape index (κ1) is 14.6. The largest absolute Gasteiger partial charge is 0.356 e. The minimum atomic E-state index is 0.729. The Morgan fingerprint density at radius 1 is 1.14 bits per heavy atom. The fraction of sp³-hybridized carbons (Fsp3) is 0.471. The second kappa shape index (κ2) is 5.84. The van der Waals surface area contributed by atoms with Gasteiger partial charge in [-0.05, 0) is 30.9 Å². The lowest BCUT2D eigenvalue weighted by molar-refractivity contribution is 0.494. The average Bonchev–Trinajstić information content (AvgIpc) is 3.00. The van der Waals surface area contributed by atoms with Crippen molar-refractivity contribution in [1.82, 2.24) is 9.78 Å². The molecule has 1 saturated heterocycles. The predicted octanol–water partition coefficient (Wildman–Crippen LogP) is 4.17. The molecule has 2 unspecified atom stereocenters. The fourth-order valence-corrected chi connectivity index (χ4v) is 3.74. The predicted molar refractivity (Wildman–Crippen MR) is 91.5 cm³/mol. The molecule has 3 nitrogen and oxygen atoms in total. The summed E-state index contributed by atoms with van der Waals surface area (Å²) in [7, 11) is 0. The average molecular weight is 348 g/mol. The van der Waals surface area contributed by atoms with Gasteiger partial charge in [0.25, 0.3) is 0 Å². The van der Waals surface area contributed by atoms with E-state index in [1.165, 1.54) is 11.4 Å². The van der Waals surface area contributed by atoms with Gasteiger partial charge in [-0.2, -0.15) is 5.10 Å². The van der Waals surface area contributed by atoms with Crippen LogP contribution in [0.15, 0.2) is 30.3 Å². The van der Waals surface area contributed by atoms with Crippen LogP contribution in [0.1, 0.15) is 25.1 Å². The number of rotatable bonds is 3. The molecule has 2 heterocycles. The lowest BCUT2D eigenvalue weighted by Crippen LogP contribution is -2.23. The zero-order chi connectivity index (χ0) is 15.0. The van der Waals surface area contributed by atoms with Crippen molar-refractivity contribution in [3.63, 3.8) is 0 Å². The number of aryl methyl sites for hydroxylation is 1. The maximum atomic E-state index is 4.79. The normalized spacial score (nSPS) is 22.0. The number of aromatic nitrogens is 2. The Morgan fingerprint density at radius 2 is 1.76 bits per heavy atom. The van der Waals surface area contributed by atoms with E-state index in [4.69, 9.17) is 5.10 Å². The number of alkyl halides is 1. The third kappa shape index (κ3) is 2.61. The van der Waals surface area contributed by atoms with Gasteiger partial charge in [0.15, 0.2) is 0 Å². The van der Waals surface area contributed by atoms with Crippen molar-refractivity contribution < 1.29 is 0 Å². The Morgan fingerprint density at radius 3 is 2.33 bits per heavy atom. The molecule has 0 spiro atoms. The van der Waals surface area contributed by atoms with Crippen LogP contribution in [0.25, 0.3) is 5.69 Å². The van der Waals surface area contributed by atoms with Gasteiger partial charge in [-0.1, -0.05) is 48.0 Å². The van der Waals surface area contributed by atoms with Crippen molar-refractivity contribution >= 4 is 21.7 Å². The Kier molecular flexibility index (Phi) is 4.07. The fourth-order valence-electron chi connectivity index (χ4n) is 3.08. The van der Waals surface area contributed by atoms with Gasteiger partial charge in [0.2, 0.25) is 0 Å². The van der Waals surface area contributed by atoms with E-state index in [1.54, 1.807) is 0 Å². The maximum absolute atomic E-state index is 4.79. The van der Waals surface area contributed by atoms with Crippen molar-refractivity contribution in [2.24, 2.45) is 11.8 Å². The molecule has 2 atom stereocenters. The molecule has 21 heavy (non-hydrogen) atoms. The molecule has 1 aliphatic heterocycles. The molecular weight excluding hydrogens is 326 g/mol. The first-order valence-electron chi connectivity index (χ1n) is 7.56. The molecule has 1 aromatic heterocycles. The topological polar surface area (TPSA) is 21.1 Å². The molecule has 1 aliphatic rings. The van der Waals surface area contributed by atoms with Crippen LogP contribution in [0.2, 0.25) is 0 Å². The molecule has 0 bridgehead atoms. The Hall–Kier alpha value is -1.29. The number of halogens is 1. The van der Waals surface area contributed by atoms with Crippen molar-refractivity contribution in [2.45, 2.75) is 26.1 Å². The summed E-state index contributed by atoms with van der Waals surface area (Å²) in [5.41, 5.74) is 3.55. The highest BCUT2D eigenvalue weighted by atomic mass is 79.9. The number of benzene rings is 1. The minimum Gasteiger partial charge on any atom is -0.356 e. The zero-order valence-corrected chi connectivity index (χ0v) is 14.5. The number of para-hydroxylation sites is 1. The molecule has 0 aliphatic carbocycles. The first-order valence-corrected chi connectivity index (χ1v) is 8.68. The monoisotopic (exact) mass is 347 g/mol. The molecular formula is C17H22BrN3. The van der Waals surface area contributed by atoms with Crippen LogP contribution < -0.4 is 4.90 Å². The van der Waals surface area contributed by atoms with E-state index < -0.39 is 0 Å². The van der Waals surface area contributed by atoms with Crippen LogP contribution in [0.5, 0.6) is 0 Å². The molecule has 3 rings (SSSR count). The summed E-state index contributed by atoms with van der Waals surface area (Å²) in [5.74, 6) is 2.71. The SMILES string of the molecule is Cc1nn(-c2ccccc2)c(N2CC(C)C(C)C2)c1CBr. The highest BCUT2D eigenvalue weighted by Gasteiger charge is 2.30. The molecule has 0 N–H and O–H groups in total. The minimum absolute atomic E-state index is 0.729. The van der Waals surface area contributed by atoms with Crippen molar-refractivity contribution in [3.05, 3.63) is 41.6 Å². The van der Waals surface area contributed by atoms with Gasteiger partial charge in [0.05, 0.1) is 11.4 Å². The number of nitrogens with zero attached hydrogens (tertiary/aromatic N) is 3. The smallest absolute Gasteiger partial charge is 0.136 e. The third-order valence-electron chi connectivity index (χ3n) is 4.58. The highest BCUT2D eigenvalue weighted by molar-refractivity contribution is 9.08. The van der Waals surface area contributed by atoms with E-state index in [0.717, 1.165) is 41.6 Å². The van der Waals surface area contributed by atoms with E-state index in [-0.39, 0.29) is 0 Å². The molecule has 0 amide bonds. The maximum Gasteiger partial charge on any atom is 0.136 e. The van der Waals surface area contributed by atoms with E-state index >= 15 is 0 Å². The van der Waals surface area contributed by atoms with Crippen molar-refractivity contribution in [1.29, 1.82) is 0 Å². The van der Waals surface area contributed by atoms with Crippen molar-refractivity contribution in [2.75, 3.05) is 18.0 Å². The first-order chi connectivity index (χ1) is 10.1.